The van der Waals surface area contributed by atoms with Crippen LogP contribution in [0.4, 0.5) is 10.1 Å². The standard InChI is InChI=1S/C12H14ClFN4O2S/c13-9-7-10(14)11(15)8-12(9)21(19,20)17-4-2-6-18-5-1-3-16-18/h1,3,5,7-8,17H,2,4,6,15H2. The predicted octanol–water partition coefficient (Wildman–Crippen LogP) is 1.63. The Kier molecular flexibility index (Phi) is 4.81. The van der Waals surface area contributed by atoms with Gasteiger partial charge in [0, 0.05) is 25.5 Å². The van der Waals surface area contributed by atoms with Crippen LogP contribution >= 0.6 is 11.6 Å². The summed E-state index contributed by atoms with van der Waals surface area (Å²) in [6.45, 7) is 0.782. The number of aromatic nitrogens is 2. The number of aryl methyl sites for hydroxylation is 1. The van der Waals surface area contributed by atoms with Gasteiger partial charge in [-0.1, -0.05) is 11.6 Å². The summed E-state index contributed by atoms with van der Waals surface area (Å²) in [7, 11) is -3.83. The Labute approximate surface area is 126 Å². The lowest BCUT2D eigenvalue weighted by molar-refractivity contribution is 0.552. The normalized spacial score (nSPS) is 11.7. The van der Waals surface area contributed by atoms with E-state index in [9.17, 15) is 12.8 Å². The maximum absolute atomic E-state index is 13.2. The maximum Gasteiger partial charge on any atom is 0.242 e. The van der Waals surface area contributed by atoms with Crippen molar-refractivity contribution in [1.82, 2.24) is 14.5 Å². The largest absolute Gasteiger partial charge is 0.396 e. The molecule has 1 heterocycles. The van der Waals surface area contributed by atoms with Crippen LogP contribution in [0.2, 0.25) is 5.02 Å². The Bertz CT molecular complexity index is 719. The van der Waals surface area contributed by atoms with Gasteiger partial charge >= 0.3 is 0 Å². The molecule has 9 heteroatoms. The quantitative estimate of drug-likeness (QED) is 0.621. The van der Waals surface area contributed by atoms with E-state index in [0.717, 1.165) is 12.1 Å². The SMILES string of the molecule is Nc1cc(S(=O)(=O)NCCCn2cccn2)c(Cl)cc1F. The van der Waals surface area contributed by atoms with Gasteiger partial charge in [-0.25, -0.2) is 17.5 Å². The molecule has 0 spiro atoms. The van der Waals surface area contributed by atoms with E-state index in [0.29, 0.717) is 13.0 Å². The highest BCUT2D eigenvalue weighted by atomic mass is 35.5. The first-order valence-electron chi connectivity index (χ1n) is 6.12. The molecule has 0 amide bonds. The second-order valence-electron chi connectivity index (χ2n) is 4.32. The third-order valence-corrected chi connectivity index (χ3v) is 4.68. The Balaban J connectivity index is 2.00. The summed E-state index contributed by atoms with van der Waals surface area (Å²) in [6.07, 6.45) is 3.98. The van der Waals surface area contributed by atoms with E-state index in [2.05, 4.69) is 9.82 Å². The molecule has 2 rings (SSSR count). The molecule has 0 aliphatic rings. The fourth-order valence-electron chi connectivity index (χ4n) is 1.71. The molecule has 2 aromatic rings. The van der Waals surface area contributed by atoms with Crippen molar-refractivity contribution >= 4 is 27.3 Å². The molecule has 1 aromatic heterocycles. The molecule has 0 fully saturated rings. The molecule has 1 aromatic carbocycles. The molecule has 0 atom stereocenters. The number of hydrogen-bond donors (Lipinski definition) is 2. The van der Waals surface area contributed by atoms with Crippen LogP contribution in [-0.2, 0) is 16.6 Å². The number of benzene rings is 1. The Morgan fingerprint density at radius 1 is 1.43 bits per heavy atom. The lowest BCUT2D eigenvalue weighted by Gasteiger charge is -2.09. The minimum absolute atomic E-state index is 0.204. The summed E-state index contributed by atoms with van der Waals surface area (Å²) in [4.78, 5) is -0.234. The Hall–Kier alpha value is -1.64. The van der Waals surface area contributed by atoms with Crippen LogP contribution in [0.1, 0.15) is 6.42 Å². The Morgan fingerprint density at radius 2 is 2.19 bits per heavy atom. The highest BCUT2D eigenvalue weighted by molar-refractivity contribution is 7.89. The van der Waals surface area contributed by atoms with Crippen molar-refractivity contribution in [2.24, 2.45) is 0 Å². The molecule has 0 bridgehead atoms. The summed E-state index contributed by atoms with van der Waals surface area (Å²) < 4.78 is 41.4. The lowest BCUT2D eigenvalue weighted by atomic mass is 10.3. The average Bonchev–Trinajstić information content (AvgIpc) is 2.92. The highest BCUT2D eigenvalue weighted by Gasteiger charge is 2.19. The first kappa shape index (κ1) is 15.7. The van der Waals surface area contributed by atoms with Gasteiger partial charge < -0.3 is 5.73 Å². The zero-order valence-corrected chi connectivity index (χ0v) is 12.5. The molecule has 0 unspecified atom stereocenters. The average molecular weight is 333 g/mol. The monoisotopic (exact) mass is 332 g/mol. The van der Waals surface area contributed by atoms with Crippen molar-refractivity contribution in [3.8, 4) is 0 Å². The van der Waals surface area contributed by atoms with Gasteiger partial charge in [0.15, 0.2) is 0 Å². The second-order valence-corrected chi connectivity index (χ2v) is 6.47. The van der Waals surface area contributed by atoms with Gasteiger partial charge in [0.2, 0.25) is 10.0 Å². The summed E-state index contributed by atoms with van der Waals surface area (Å²) in [6, 6.07) is 3.67. The minimum Gasteiger partial charge on any atom is -0.396 e. The van der Waals surface area contributed by atoms with Crippen LogP contribution in [0.5, 0.6) is 0 Å². The van der Waals surface area contributed by atoms with Gasteiger partial charge in [-0.2, -0.15) is 5.10 Å². The molecule has 0 saturated carbocycles. The third kappa shape index (κ3) is 3.93. The number of halogens is 2. The van der Waals surface area contributed by atoms with E-state index in [-0.39, 0.29) is 22.2 Å². The molecule has 0 aliphatic heterocycles. The van der Waals surface area contributed by atoms with Crippen LogP contribution in [0.15, 0.2) is 35.5 Å². The number of sulfonamides is 1. The van der Waals surface area contributed by atoms with Crippen molar-refractivity contribution in [3.63, 3.8) is 0 Å². The molecule has 3 N–H and O–H groups in total. The number of nitrogens with one attached hydrogen (secondary N) is 1. The van der Waals surface area contributed by atoms with E-state index in [1.54, 1.807) is 23.1 Å². The van der Waals surface area contributed by atoms with Crippen molar-refractivity contribution in [3.05, 3.63) is 41.4 Å². The van der Waals surface area contributed by atoms with Gasteiger partial charge in [-0.15, -0.1) is 0 Å². The van der Waals surface area contributed by atoms with Gasteiger partial charge in [0.1, 0.15) is 10.7 Å². The molecule has 0 aliphatic carbocycles. The summed E-state index contributed by atoms with van der Waals surface area (Å²) in [5, 5.41) is 3.80. The smallest absolute Gasteiger partial charge is 0.242 e. The summed E-state index contributed by atoms with van der Waals surface area (Å²) in [5.74, 6) is -0.752. The molecule has 21 heavy (non-hydrogen) atoms. The Morgan fingerprint density at radius 3 is 2.86 bits per heavy atom. The van der Waals surface area contributed by atoms with Gasteiger partial charge in [-0.05, 0) is 24.6 Å². The molecule has 6 nitrogen and oxygen atoms in total. The number of nitrogens with zero attached hydrogens (tertiary/aromatic N) is 2. The predicted molar refractivity (Wildman–Crippen MR) is 77.9 cm³/mol. The van der Waals surface area contributed by atoms with Crippen LogP contribution < -0.4 is 10.5 Å². The first-order valence-corrected chi connectivity index (χ1v) is 7.98. The molecular formula is C12H14ClFN4O2S. The zero-order chi connectivity index (χ0) is 15.5. The molecular weight excluding hydrogens is 319 g/mol. The number of rotatable bonds is 6. The van der Waals surface area contributed by atoms with Gasteiger partial charge in [0.05, 0.1) is 10.7 Å². The van der Waals surface area contributed by atoms with Crippen molar-refractivity contribution < 1.29 is 12.8 Å². The summed E-state index contributed by atoms with van der Waals surface area (Å²) in [5.41, 5.74) is 5.10. The van der Waals surface area contributed by atoms with E-state index in [1.165, 1.54) is 0 Å². The van der Waals surface area contributed by atoms with E-state index in [4.69, 9.17) is 17.3 Å². The minimum atomic E-state index is -3.83. The fourth-order valence-corrected chi connectivity index (χ4v) is 3.33. The van der Waals surface area contributed by atoms with Gasteiger partial charge in [0.25, 0.3) is 0 Å². The number of nitrogens with two attached hydrogens (primary N) is 1. The van der Waals surface area contributed by atoms with E-state index < -0.39 is 15.8 Å². The van der Waals surface area contributed by atoms with E-state index >= 15 is 0 Å². The zero-order valence-electron chi connectivity index (χ0n) is 11.0. The first-order chi connectivity index (χ1) is 9.90. The topological polar surface area (TPSA) is 90.0 Å². The van der Waals surface area contributed by atoms with Crippen LogP contribution in [-0.4, -0.2) is 24.7 Å². The fraction of sp³-hybridized carbons (Fsp3) is 0.250. The van der Waals surface area contributed by atoms with Crippen molar-refractivity contribution in [1.29, 1.82) is 0 Å². The molecule has 114 valence electrons. The van der Waals surface area contributed by atoms with Gasteiger partial charge in [-0.3, -0.25) is 4.68 Å². The highest BCUT2D eigenvalue weighted by Crippen LogP contribution is 2.26. The number of hydrogen-bond acceptors (Lipinski definition) is 4. The maximum atomic E-state index is 13.2. The van der Waals surface area contributed by atoms with Crippen molar-refractivity contribution in [2.75, 3.05) is 12.3 Å². The summed E-state index contributed by atoms with van der Waals surface area (Å²) >= 11 is 5.75. The van der Waals surface area contributed by atoms with Crippen molar-refractivity contribution in [2.45, 2.75) is 17.9 Å². The number of anilines is 1. The third-order valence-electron chi connectivity index (χ3n) is 2.76. The molecule has 0 saturated heterocycles. The van der Waals surface area contributed by atoms with Crippen LogP contribution in [0.25, 0.3) is 0 Å². The van der Waals surface area contributed by atoms with Crippen LogP contribution in [0, 0.1) is 5.82 Å². The lowest BCUT2D eigenvalue weighted by Crippen LogP contribution is -2.26. The van der Waals surface area contributed by atoms with Crippen LogP contribution in [0.3, 0.4) is 0 Å². The number of nitrogen functional groups attached to an aromatic ring is 1. The van der Waals surface area contributed by atoms with E-state index in [1.807, 2.05) is 0 Å². The molecule has 0 radical (unpaired) electrons. The second kappa shape index (κ2) is 6.42.